The summed E-state index contributed by atoms with van der Waals surface area (Å²) in [5, 5.41) is 0. The lowest BCUT2D eigenvalue weighted by Gasteiger charge is -2.35. The quantitative estimate of drug-likeness (QED) is 0.657. The fourth-order valence-electron chi connectivity index (χ4n) is 3.38. The number of nitrogens with two attached hydrogens (primary N) is 1. The Labute approximate surface area is 80.5 Å². The summed E-state index contributed by atoms with van der Waals surface area (Å²) in [6.07, 6.45) is 6.98. The van der Waals surface area contributed by atoms with Gasteiger partial charge in [0.25, 0.3) is 0 Å². The maximum absolute atomic E-state index is 5.91. The van der Waals surface area contributed by atoms with Gasteiger partial charge in [-0.2, -0.15) is 0 Å². The van der Waals surface area contributed by atoms with Crippen LogP contribution in [0, 0.1) is 11.8 Å². The maximum atomic E-state index is 5.91. The molecule has 3 unspecified atom stereocenters. The first-order valence-electron chi connectivity index (χ1n) is 5.84. The first-order valence-corrected chi connectivity index (χ1v) is 5.84. The molecule has 0 aromatic rings. The summed E-state index contributed by atoms with van der Waals surface area (Å²) in [5.74, 6) is 2.22. The van der Waals surface area contributed by atoms with Crippen molar-refractivity contribution in [2.75, 3.05) is 13.1 Å². The molecule has 1 saturated heterocycles. The van der Waals surface area contributed by atoms with E-state index in [1.54, 1.807) is 0 Å². The van der Waals surface area contributed by atoms with Crippen LogP contribution in [0.2, 0.25) is 0 Å². The molecule has 2 nitrogen and oxygen atoms in total. The van der Waals surface area contributed by atoms with Crippen molar-refractivity contribution in [3.8, 4) is 0 Å². The number of hydrogen-bond donors (Lipinski definition) is 1. The number of likely N-dealkylation sites (tertiary alicyclic amines) is 1. The van der Waals surface area contributed by atoms with Gasteiger partial charge in [-0.3, -0.25) is 4.90 Å². The minimum Gasteiger partial charge on any atom is -0.328 e. The van der Waals surface area contributed by atoms with Crippen molar-refractivity contribution in [2.24, 2.45) is 17.6 Å². The van der Waals surface area contributed by atoms with Crippen LogP contribution in [0.4, 0.5) is 0 Å². The zero-order valence-corrected chi connectivity index (χ0v) is 8.28. The Morgan fingerprint density at radius 1 is 1.00 bits per heavy atom. The van der Waals surface area contributed by atoms with Crippen LogP contribution in [0.1, 0.15) is 32.1 Å². The highest BCUT2D eigenvalue weighted by atomic mass is 15.2. The number of piperidine rings is 1. The van der Waals surface area contributed by atoms with Gasteiger partial charge in [0, 0.05) is 12.1 Å². The smallest absolute Gasteiger partial charge is 0.0126 e. The van der Waals surface area contributed by atoms with Crippen molar-refractivity contribution < 1.29 is 0 Å². The molecule has 2 saturated carbocycles. The summed E-state index contributed by atoms with van der Waals surface area (Å²) in [4.78, 5) is 2.72. The molecule has 1 aliphatic heterocycles. The van der Waals surface area contributed by atoms with E-state index in [1.165, 1.54) is 45.2 Å². The van der Waals surface area contributed by atoms with E-state index in [2.05, 4.69) is 4.90 Å². The van der Waals surface area contributed by atoms with Gasteiger partial charge in [-0.05, 0) is 57.0 Å². The molecule has 2 aliphatic carbocycles. The molecule has 3 atom stereocenters. The first kappa shape index (κ1) is 8.25. The van der Waals surface area contributed by atoms with E-state index in [0.717, 1.165) is 17.9 Å². The van der Waals surface area contributed by atoms with Gasteiger partial charge in [0.05, 0.1) is 0 Å². The van der Waals surface area contributed by atoms with E-state index < -0.39 is 0 Å². The molecule has 3 rings (SSSR count). The second-order valence-electron chi connectivity index (χ2n) is 5.18. The van der Waals surface area contributed by atoms with Gasteiger partial charge in [-0.25, -0.2) is 0 Å². The fourth-order valence-corrected chi connectivity index (χ4v) is 3.38. The van der Waals surface area contributed by atoms with Crippen LogP contribution in [0.3, 0.4) is 0 Å². The van der Waals surface area contributed by atoms with E-state index in [0.29, 0.717) is 6.04 Å². The molecule has 3 aliphatic rings. The summed E-state index contributed by atoms with van der Waals surface area (Å²) in [6.45, 7) is 2.55. The van der Waals surface area contributed by atoms with Crippen LogP contribution in [0.25, 0.3) is 0 Å². The second-order valence-corrected chi connectivity index (χ2v) is 5.18. The summed E-state index contributed by atoms with van der Waals surface area (Å²) >= 11 is 0. The van der Waals surface area contributed by atoms with E-state index in [9.17, 15) is 0 Å². The van der Waals surface area contributed by atoms with E-state index in [-0.39, 0.29) is 0 Å². The molecule has 0 aromatic heterocycles. The topological polar surface area (TPSA) is 29.3 Å². The van der Waals surface area contributed by atoms with Gasteiger partial charge in [-0.15, -0.1) is 0 Å². The molecule has 3 fully saturated rings. The average Bonchev–Trinajstić information content (AvgIpc) is 2.81. The van der Waals surface area contributed by atoms with Crippen molar-refractivity contribution in [3.05, 3.63) is 0 Å². The SMILES string of the molecule is NC1CCN(C2CCC3CC32)CC1. The molecule has 2 heteroatoms. The van der Waals surface area contributed by atoms with Crippen molar-refractivity contribution >= 4 is 0 Å². The lowest BCUT2D eigenvalue weighted by molar-refractivity contribution is 0.141. The highest BCUT2D eigenvalue weighted by molar-refractivity contribution is 5.02. The zero-order valence-electron chi connectivity index (χ0n) is 8.28. The predicted octanol–water partition coefficient (Wildman–Crippen LogP) is 1.21. The van der Waals surface area contributed by atoms with Gasteiger partial charge in [-0.1, -0.05) is 0 Å². The van der Waals surface area contributed by atoms with Crippen LogP contribution in [0.5, 0.6) is 0 Å². The third-order valence-electron chi connectivity index (χ3n) is 4.35. The molecule has 74 valence electrons. The van der Waals surface area contributed by atoms with E-state index in [4.69, 9.17) is 5.73 Å². The number of rotatable bonds is 1. The van der Waals surface area contributed by atoms with Crippen LogP contribution in [-0.4, -0.2) is 30.1 Å². The zero-order chi connectivity index (χ0) is 8.84. The Balaban J connectivity index is 1.59. The Morgan fingerprint density at radius 3 is 2.31 bits per heavy atom. The molecule has 0 aromatic carbocycles. The molecular weight excluding hydrogens is 160 g/mol. The van der Waals surface area contributed by atoms with Gasteiger partial charge in [0.1, 0.15) is 0 Å². The van der Waals surface area contributed by atoms with Crippen LogP contribution in [-0.2, 0) is 0 Å². The third kappa shape index (κ3) is 1.40. The first-order chi connectivity index (χ1) is 6.34. The Morgan fingerprint density at radius 2 is 1.77 bits per heavy atom. The molecule has 0 bridgehead atoms. The lowest BCUT2D eigenvalue weighted by Crippen LogP contribution is -2.45. The molecular formula is C11H20N2. The highest BCUT2D eigenvalue weighted by Gasteiger charge is 2.50. The number of nitrogens with zero attached hydrogens (tertiary/aromatic N) is 1. The van der Waals surface area contributed by atoms with Crippen molar-refractivity contribution in [3.63, 3.8) is 0 Å². The van der Waals surface area contributed by atoms with E-state index in [1.807, 2.05) is 0 Å². The molecule has 1 heterocycles. The second kappa shape index (κ2) is 2.96. The van der Waals surface area contributed by atoms with Crippen LogP contribution >= 0.6 is 0 Å². The average molecular weight is 180 g/mol. The third-order valence-corrected chi connectivity index (χ3v) is 4.35. The summed E-state index contributed by atoms with van der Waals surface area (Å²) in [6, 6.07) is 1.45. The minimum absolute atomic E-state index is 0.493. The molecule has 0 amide bonds. The maximum Gasteiger partial charge on any atom is 0.0126 e. The number of fused-ring (bicyclic) bond motifs is 1. The molecule has 0 spiro atoms. The van der Waals surface area contributed by atoms with Gasteiger partial charge >= 0.3 is 0 Å². The molecule has 2 N–H and O–H groups in total. The van der Waals surface area contributed by atoms with Crippen LogP contribution in [0.15, 0.2) is 0 Å². The van der Waals surface area contributed by atoms with Gasteiger partial charge in [0.2, 0.25) is 0 Å². The normalized spacial score (nSPS) is 46.4. The Hall–Kier alpha value is -0.0800. The molecule has 13 heavy (non-hydrogen) atoms. The monoisotopic (exact) mass is 180 g/mol. The largest absolute Gasteiger partial charge is 0.328 e. The standard InChI is InChI=1S/C11H20N2/c12-9-3-5-13(6-4-9)11-2-1-8-7-10(8)11/h8-11H,1-7,12H2. The summed E-state index contributed by atoms with van der Waals surface area (Å²) in [7, 11) is 0. The van der Waals surface area contributed by atoms with E-state index >= 15 is 0 Å². The predicted molar refractivity (Wildman–Crippen MR) is 53.4 cm³/mol. The highest BCUT2D eigenvalue weighted by Crippen LogP contribution is 2.53. The van der Waals surface area contributed by atoms with Crippen molar-refractivity contribution in [1.82, 2.24) is 4.90 Å². The minimum atomic E-state index is 0.493. The van der Waals surface area contributed by atoms with Gasteiger partial charge in [0.15, 0.2) is 0 Å². The Bertz CT molecular complexity index is 196. The Kier molecular flexibility index (Phi) is 1.88. The number of hydrogen-bond acceptors (Lipinski definition) is 2. The molecule has 0 radical (unpaired) electrons. The lowest BCUT2D eigenvalue weighted by atomic mass is 10.0. The van der Waals surface area contributed by atoms with Gasteiger partial charge < -0.3 is 5.73 Å². The summed E-state index contributed by atoms with van der Waals surface area (Å²) < 4.78 is 0. The fraction of sp³-hybridized carbons (Fsp3) is 1.00. The summed E-state index contributed by atoms with van der Waals surface area (Å²) in [5.41, 5.74) is 5.91. The van der Waals surface area contributed by atoms with Crippen molar-refractivity contribution in [2.45, 2.75) is 44.2 Å². The van der Waals surface area contributed by atoms with Crippen LogP contribution < -0.4 is 5.73 Å². The van der Waals surface area contributed by atoms with Crippen molar-refractivity contribution in [1.29, 1.82) is 0 Å².